The molecular weight excluding hydrogens is 591 g/mol. The van der Waals surface area contributed by atoms with Crippen molar-refractivity contribution < 1.29 is 37.3 Å². The van der Waals surface area contributed by atoms with E-state index in [-0.39, 0.29) is 19.8 Å². The first-order chi connectivity index (χ1) is 22.1. The highest BCUT2D eigenvalue weighted by atomic mass is 31.2. The average Bonchev–Trinajstić information content (AvgIpc) is 3.10. The highest BCUT2D eigenvalue weighted by Crippen LogP contribution is 2.56. The summed E-state index contributed by atoms with van der Waals surface area (Å²) in [5.41, 5.74) is 3.93. The zero-order chi connectivity index (χ0) is 31.3. The third-order valence-corrected chi connectivity index (χ3v) is 9.74. The summed E-state index contributed by atoms with van der Waals surface area (Å²) in [5.74, 6) is -1.11. The van der Waals surface area contributed by atoms with Crippen LogP contribution in [0.2, 0.25) is 0 Å². The minimum Gasteiger partial charge on any atom is -0.374 e. The van der Waals surface area contributed by atoms with Gasteiger partial charge in [0.05, 0.1) is 33.0 Å². The van der Waals surface area contributed by atoms with Crippen molar-refractivity contribution in [2.45, 2.75) is 56.7 Å². The second-order valence-corrected chi connectivity index (χ2v) is 13.1. The molecule has 0 aliphatic carbocycles. The average molecular weight is 633 g/mol. The molecular formula is C36H41O8P. The Morgan fingerprint density at radius 3 is 1.33 bits per heavy atom. The third-order valence-electron chi connectivity index (χ3n) is 7.68. The van der Waals surface area contributed by atoms with Crippen LogP contribution in [0.3, 0.4) is 0 Å². The monoisotopic (exact) mass is 632 g/mol. The first-order valence-corrected chi connectivity index (χ1v) is 16.7. The minimum absolute atomic E-state index is 0.148. The third kappa shape index (κ3) is 9.19. The minimum atomic E-state index is -3.84. The first kappa shape index (κ1) is 33.2. The van der Waals surface area contributed by atoms with E-state index in [1.807, 2.05) is 121 Å². The Balaban J connectivity index is 1.48. The van der Waals surface area contributed by atoms with Crippen molar-refractivity contribution in [1.29, 1.82) is 0 Å². The van der Waals surface area contributed by atoms with Crippen LogP contribution in [0, 0.1) is 0 Å². The molecule has 0 aromatic heterocycles. The van der Waals surface area contributed by atoms with Gasteiger partial charge in [-0.25, -0.2) is 0 Å². The van der Waals surface area contributed by atoms with Crippen LogP contribution in [0.1, 0.15) is 22.3 Å². The molecule has 1 aliphatic heterocycles. The zero-order valence-electron chi connectivity index (χ0n) is 25.7. The van der Waals surface area contributed by atoms with Crippen molar-refractivity contribution in [3.63, 3.8) is 0 Å². The molecule has 4 aromatic rings. The highest BCUT2D eigenvalue weighted by Gasteiger charge is 2.55. The Morgan fingerprint density at radius 2 is 0.911 bits per heavy atom. The lowest BCUT2D eigenvalue weighted by atomic mass is 9.98. The molecule has 5 atom stereocenters. The van der Waals surface area contributed by atoms with Gasteiger partial charge < -0.3 is 32.7 Å². The van der Waals surface area contributed by atoms with Crippen LogP contribution in [0.4, 0.5) is 0 Å². The highest BCUT2D eigenvalue weighted by molar-refractivity contribution is 7.54. The molecule has 0 amide bonds. The fourth-order valence-electron chi connectivity index (χ4n) is 5.30. The molecule has 9 heteroatoms. The number of benzene rings is 4. The lowest BCUT2D eigenvalue weighted by Crippen LogP contribution is -2.61. The van der Waals surface area contributed by atoms with E-state index in [1.54, 1.807) is 0 Å². The molecule has 1 saturated heterocycles. The van der Waals surface area contributed by atoms with Gasteiger partial charge in [-0.05, 0) is 22.3 Å². The molecule has 1 fully saturated rings. The van der Waals surface area contributed by atoms with E-state index < -0.39 is 37.9 Å². The molecule has 1 heterocycles. The predicted octanol–water partition coefficient (Wildman–Crippen LogP) is 7.17. The van der Waals surface area contributed by atoms with Gasteiger partial charge in [0.1, 0.15) is 24.4 Å². The van der Waals surface area contributed by atoms with Gasteiger partial charge in [-0.3, -0.25) is 4.57 Å². The largest absolute Gasteiger partial charge is 0.374 e. The molecule has 45 heavy (non-hydrogen) atoms. The maximum Gasteiger partial charge on any atom is 0.361 e. The summed E-state index contributed by atoms with van der Waals surface area (Å²) < 4.78 is 57.7. The quantitative estimate of drug-likeness (QED) is 0.120. The van der Waals surface area contributed by atoms with E-state index in [2.05, 4.69) is 0 Å². The van der Waals surface area contributed by atoms with E-state index in [0.29, 0.717) is 13.2 Å². The maximum atomic E-state index is 14.1. The van der Waals surface area contributed by atoms with Gasteiger partial charge >= 0.3 is 7.60 Å². The second kappa shape index (κ2) is 16.9. The predicted molar refractivity (Wildman–Crippen MR) is 171 cm³/mol. The summed E-state index contributed by atoms with van der Waals surface area (Å²) in [5, 5.41) is 0. The molecule has 0 saturated carbocycles. The molecule has 0 N–H and O–H groups in total. The van der Waals surface area contributed by atoms with Crippen LogP contribution in [0.5, 0.6) is 0 Å². The molecule has 238 valence electrons. The van der Waals surface area contributed by atoms with Crippen molar-refractivity contribution in [2.75, 3.05) is 20.8 Å². The molecule has 8 nitrogen and oxygen atoms in total. The molecule has 0 unspecified atom stereocenters. The van der Waals surface area contributed by atoms with Crippen molar-refractivity contribution in [1.82, 2.24) is 0 Å². The van der Waals surface area contributed by atoms with Gasteiger partial charge in [-0.2, -0.15) is 0 Å². The summed E-state index contributed by atoms with van der Waals surface area (Å²) in [6, 6.07) is 39.4. The van der Waals surface area contributed by atoms with Gasteiger partial charge in [0.25, 0.3) is 0 Å². The van der Waals surface area contributed by atoms with Crippen LogP contribution >= 0.6 is 7.60 Å². The number of rotatable bonds is 16. The Bertz CT molecular complexity index is 1430. The summed E-state index contributed by atoms with van der Waals surface area (Å²) in [6.45, 7) is 1.32. The normalized spacial score (nSPS) is 21.9. The fourth-order valence-corrected chi connectivity index (χ4v) is 6.79. The van der Waals surface area contributed by atoms with E-state index in [1.165, 1.54) is 14.2 Å². The summed E-state index contributed by atoms with van der Waals surface area (Å²) >= 11 is 0. The molecule has 5 rings (SSSR count). The van der Waals surface area contributed by atoms with Gasteiger partial charge in [0.15, 0.2) is 5.85 Å². The van der Waals surface area contributed by atoms with Crippen molar-refractivity contribution in [2.24, 2.45) is 0 Å². The van der Waals surface area contributed by atoms with Gasteiger partial charge in [-0.15, -0.1) is 0 Å². The number of ether oxygens (including phenoxy) is 5. The van der Waals surface area contributed by atoms with Crippen LogP contribution in [-0.4, -0.2) is 51.1 Å². The molecule has 0 bridgehead atoms. The number of hydrogen-bond acceptors (Lipinski definition) is 8. The maximum absolute atomic E-state index is 14.1. The Hall–Kier alpha value is -3.17. The van der Waals surface area contributed by atoms with Crippen LogP contribution in [-0.2, 0) is 63.7 Å². The Kier molecular flexibility index (Phi) is 12.5. The smallest absolute Gasteiger partial charge is 0.361 e. The number of hydrogen-bond donors (Lipinski definition) is 0. The molecule has 1 aliphatic rings. The van der Waals surface area contributed by atoms with Crippen molar-refractivity contribution in [3.05, 3.63) is 144 Å². The van der Waals surface area contributed by atoms with Gasteiger partial charge in [0, 0.05) is 14.2 Å². The van der Waals surface area contributed by atoms with Crippen molar-refractivity contribution >= 4 is 7.60 Å². The Labute approximate surface area is 265 Å². The lowest BCUT2D eigenvalue weighted by molar-refractivity contribution is -0.259. The van der Waals surface area contributed by atoms with E-state index in [0.717, 1.165) is 22.3 Å². The fraction of sp³-hybridized carbons (Fsp3) is 0.333. The van der Waals surface area contributed by atoms with Crippen LogP contribution in [0.15, 0.2) is 121 Å². The van der Waals surface area contributed by atoms with E-state index >= 15 is 0 Å². The van der Waals surface area contributed by atoms with Gasteiger partial charge in [-0.1, -0.05) is 121 Å². The van der Waals surface area contributed by atoms with Crippen LogP contribution in [0.25, 0.3) is 0 Å². The standard InChI is InChI=1S/C36H41O8P/c1-38-45(37,39-2)36-35(43-26-31-21-13-6-14-22-31)34(42-25-30-19-11-5-12-20-30)33(41-24-29-17-9-4-10-18-29)32(44-36)27-40-23-28-15-7-3-8-16-28/h3-22,32-36H,23-27H2,1-2H3/t32-,33-,34+,35+,36+/m1/s1. The molecule has 0 spiro atoms. The van der Waals surface area contributed by atoms with Gasteiger partial charge in [0.2, 0.25) is 0 Å². The molecule has 0 radical (unpaired) electrons. The summed E-state index contributed by atoms with van der Waals surface area (Å²) in [7, 11) is -1.14. The van der Waals surface area contributed by atoms with E-state index in [9.17, 15) is 4.57 Å². The SMILES string of the molecule is COP(=O)(OC)[C@@H]1O[C@H](COCc2ccccc2)[C@@H](OCc2ccccc2)[C@H](OCc2ccccc2)[C@@H]1OCc1ccccc1. The molecule has 4 aromatic carbocycles. The summed E-state index contributed by atoms with van der Waals surface area (Å²) in [6.07, 6.45) is -2.92. The topological polar surface area (TPSA) is 81.7 Å². The van der Waals surface area contributed by atoms with E-state index in [4.69, 9.17) is 32.7 Å². The first-order valence-electron chi connectivity index (χ1n) is 15.0. The lowest BCUT2D eigenvalue weighted by Gasteiger charge is -2.47. The summed E-state index contributed by atoms with van der Waals surface area (Å²) in [4.78, 5) is 0. The van der Waals surface area contributed by atoms with Crippen LogP contribution < -0.4 is 0 Å². The Morgan fingerprint density at radius 1 is 0.533 bits per heavy atom. The van der Waals surface area contributed by atoms with Crippen molar-refractivity contribution in [3.8, 4) is 0 Å². The zero-order valence-corrected chi connectivity index (χ0v) is 26.6. The second-order valence-electron chi connectivity index (χ2n) is 10.8.